The van der Waals surface area contributed by atoms with Gasteiger partial charge < -0.3 is 15.2 Å². The third kappa shape index (κ3) is 6.93. The molecule has 1 amide bonds. The predicted molar refractivity (Wildman–Crippen MR) is 69.4 cm³/mol. The van der Waals surface area contributed by atoms with E-state index >= 15 is 0 Å². The number of carbonyl (C=O) groups excluding carboxylic acids is 1. The third-order valence-electron chi connectivity index (χ3n) is 2.42. The summed E-state index contributed by atoms with van der Waals surface area (Å²) in [5.41, 5.74) is 0.236. The minimum Gasteiger partial charge on any atom is -0.480 e. The monoisotopic (exact) mass is 257 g/mol. The molecule has 0 saturated heterocycles. The molecule has 0 fully saturated rings. The highest BCUT2D eigenvalue weighted by atomic mass is 16.6. The van der Waals surface area contributed by atoms with E-state index < -0.39 is 23.7 Å². The summed E-state index contributed by atoms with van der Waals surface area (Å²) in [6, 6.07) is -0.966. The number of hydrogen-bond donors (Lipinski definition) is 2. The Hall–Kier alpha value is -1.52. The van der Waals surface area contributed by atoms with Crippen LogP contribution in [0.25, 0.3) is 0 Å². The number of amides is 1. The molecular weight excluding hydrogens is 234 g/mol. The van der Waals surface area contributed by atoms with Crippen LogP contribution in [0.1, 0.15) is 41.0 Å². The van der Waals surface area contributed by atoms with Crippen LogP contribution in [0.15, 0.2) is 12.2 Å². The minimum absolute atomic E-state index is 0.0148. The number of allylic oxidation sites excluding steroid dienone is 1. The number of carbonyl (C=O) groups is 2. The van der Waals surface area contributed by atoms with Gasteiger partial charge in [-0.25, -0.2) is 9.59 Å². The molecule has 0 bridgehead atoms. The van der Waals surface area contributed by atoms with Gasteiger partial charge in [0.05, 0.1) is 0 Å². The molecule has 0 aliphatic carbocycles. The zero-order chi connectivity index (χ0) is 14.5. The van der Waals surface area contributed by atoms with Gasteiger partial charge >= 0.3 is 12.1 Å². The summed E-state index contributed by atoms with van der Waals surface area (Å²) >= 11 is 0. The average Bonchev–Trinajstić information content (AvgIpc) is 2.12. The number of nitrogens with one attached hydrogen (secondary N) is 1. The Kier molecular flexibility index (Phi) is 5.88. The van der Waals surface area contributed by atoms with Gasteiger partial charge in [0, 0.05) is 0 Å². The summed E-state index contributed by atoms with van der Waals surface area (Å²) < 4.78 is 5.02. The van der Waals surface area contributed by atoms with Gasteiger partial charge in [-0.15, -0.1) is 0 Å². The lowest BCUT2D eigenvalue weighted by atomic mass is 9.96. The molecule has 0 aliphatic rings. The Morgan fingerprint density at radius 2 is 1.89 bits per heavy atom. The van der Waals surface area contributed by atoms with Gasteiger partial charge in [0.15, 0.2) is 0 Å². The molecular formula is C13H23NO4. The molecule has 104 valence electrons. The Bertz CT molecular complexity index is 330. The number of carboxylic acid groups (broad SMARTS) is 1. The smallest absolute Gasteiger partial charge is 0.408 e. The standard InChI is InChI=1S/C13H23NO4/c1-8(2)9(3)7-10(11(15)16)14-12(17)18-13(4,5)6/h9-10H,1,7H2,2-6H3,(H,14,17)(H,15,16)/t9-,10+/m1/s1. The van der Waals surface area contributed by atoms with Crippen LogP contribution in [0.3, 0.4) is 0 Å². The summed E-state index contributed by atoms with van der Waals surface area (Å²) in [6.45, 7) is 12.6. The summed E-state index contributed by atoms with van der Waals surface area (Å²) in [5.74, 6) is -1.06. The molecule has 0 radical (unpaired) electrons. The summed E-state index contributed by atoms with van der Waals surface area (Å²) in [7, 11) is 0. The van der Waals surface area contributed by atoms with Gasteiger partial charge in [-0.1, -0.05) is 19.1 Å². The fraction of sp³-hybridized carbons (Fsp3) is 0.692. The lowest BCUT2D eigenvalue weighted by molar-refractivity contribution is -0.139. The second-order valence-corrected chi connectivity index (χ2v) is 5.52. The molecule has 5 heteroatoms. The first-order chi connectivity index (χ1) is 8.03. The van der Waals surface area contributed by atoms with Crippen molar-refractivity contribution in [1.82, 2.24) is 5.32 Å². The highest BCUT2D eigenvalue weighted by molar-refractivity contribution is 5.80. The lowest BCUT2D eigenvalue weighted by Gasteiger charge is -2.23. The molecule has 0 aromatic carbocycles. The first kappa shape index (κ1) is 16.5. The van der Waals surface area contributed by atoms with E-state index in [-0.39, 0.29) is 5.92 Å². The molecule has 0 heterocycles. The van der Waals surface area contributed by atoms with E-state index in [0.29, 0.717) is 6.42 Å². The molecule has 0 rings (SSSR count). The lowest BCUT2D eigenvalue weighted by Crippen LogP contribution is -2.44. The van der Waals surface area contributed by atoms with Crippen LogP contribution in [0, 0.1) is 5.92 Å². The zero-order valence-electron chi connectivity index (χ0n) is 11.7. The molecule has 0 unspecified atom stereocenters. The van der Waals surface area contributed by atoms with Crippen molar-refractivity contribution in [2.24, 2.45) is 5.92 Å². The fourth-order valence-electron chi connectivity index (χ4n) is 1.23. The number of rotatable bonds is 5. The minimum atomic E-state index is -1.08. The first-order valence-electron chi connectivity index (χ1n) is 5.90. The van der Waals surface area contributed by atoms with Crippen molar-refractivity contribution in [2.75, 3.05) is 0 Å². The first-order valence-corrected chi connectivity index (χ1v) is 5.90. The Labute approximate surface area is 108 Å². The van der Waals surface area contributed by atoms with Crippen molar-refractivity contribution in [3.63, 3.8) is 0 Å². The Balaban J connectivity index is 4.50. The van der Waals surface area contributed by atoms with E-state index in [2.05, 4.69) is 11.9 Å². The van der Waals surface area contributed by atoms with Crippen molar-refractivity contribution >= 4 is 12.1 Å². The summed E-state index contributed by atoms with van der Waals surface area (Å²) in [6.07, 6.45) is -0.423. The van der Waals surface area contributed by atoms with Gasteiger partial charge in [0.2, 0.25) is 0 Å². The maximum Gasteiger partial charge on any atom is 0.408 e. The van der Waals surface area contributed by atoms with Crippen LogP contribution >= 0.6 is 0 Å². The normalized spacial score (nSPS) is 14.5. The van der Waals surface area contributed by atoms with E-state index in [0.717, 1.165) is 5.57 Å². The Morgan fingerprint density at radius 1 is 1.39 bits per heavy atom. The van der Waals surface area contributed by atoms with Crippen LogP contribution < -0.4 is 5.32 Å². The van der Waals surface area contributed by atoms with Crippen molar-refractivity contribution in [3.05, 3.63) is 12.2 Å². The maximum absolute atomic E-state index is 11.5. The molecule has 0 spiro atoms. The van der Waals surface area contributed by atoms with Gasteiger partial charge in [0.1, 0.15) is 11.6 Å². The Morgan fingerprint density at radius 3 is 2.22 bits per heavy atom. The summed E-state index contributed by atoms with van der Waals surface area (Å²) in [4.78, 5) is 22.6. The van der Waals surface area contributed by atoms with Crippen molar-refractivity contribution in [3.8, 4) is 0 Å². The van der Waals surface area contributed by atoms with E-state index in [1.54, 1.807) is 20.8 Å². The van der Waals surface area contributed by atoms with E-state index in [1.165, 1.54) is 0 Å². The van der Waals surface area contributed by atoms with Gasteiger partial charge in [-0.3, -0.25) is 0 Å². The van der Waals surface area contributed by atoms with E-state index in [1.807, 2.05) is 13.8 Å². The van der Waals surface area contributed by atoms with Crippen molar-refractivity contribution in [2.45, 2.75) is 52.7 Å². The molecule has 0 aromatic heterocycles. The maximum atomic E-state index is 11.5. The molecule has 18 heavy (non-hydrogen) atoms. The van der Waals surface area contributed by atoms with Gasteiger partial charge in [0.25, 0.3) is 0 Å². The largest absolute Gasteiger partial charge is 0.480 e. The molecule has 0 aliphatic heterocycles. The topological polar surface area (TPSA) is 75.6 Å². The number of ether oxygens (including phenoxy) is 1. The van der Waals surface area contributed by atoms with Crippen LogP contribution in [0.2, 0.25) is 0 Å². The third-order valence-corrected chi connectivity index (χ3v) is 2.42. The van der Waals surface area contributed by atoms with Crippen LogP contribution in [-0.2, 0) is 9.53 Å². The second-order valence-electron chi connectivity index (χ2n) is 5.52. The fourth-order valence-corrected chi connectivity index (χ4v) is 1.23. The summed E-state index contributed by atoms with van der Waals surface area (Å²) in [5, 5.41) is 11.4. The molecule has 2 atom stereocenters. The average molecular weight is 257 g/mol. The van der Waals surface area contributed by atoms with E-state index in [9.17, 15) is 9.59 Å². The van der Waals surface area contributed by atoms with Gasteiger partial charge in [-0.05, 0) is 40.0 Å². The number of carboxylic acids is 1. The second kappa shape index (κ2) is 6.42. The van der Waals surface area contributed by atoms with E-state index in [4.69, 9.17) is 9.84 Å². The van der Waals surface area contributed by atoms with Crippen molar-refractivity contribution < 1.29 is 19.4 Å². The van der Waals surface area contributed by atoms with Crippen LogP contribution in [0.4, 0.5) is 4.79 Å². The predicted octanol–water partition coefficient (Wildman–Crippen LogP) is 2.57. The van der Waals surface area contributed by atoms with Crippen LogP contribution in [0.5, 0.6) is 0 Å². The molecule has 5 nitrogen and oxygen atoms in total. The highest BCUT2D eigenvalue weighted by Crippen LogP contribution is 2.15. The van der Waals surface area contributed by atoms with Crippen molar-refractivity contribution in [1.29, 1.82) is 0 Å². The highest BCUT2D eigenvalue weighted by Gasteiger charge is 2.25. The number of aliphatic carboxylic acids is 1. The van der Waals surface area contributed by atoms with Crippen LogP contribution in [-0.4, -0.2) is 28.8 Å². The van der Waals surface area contributed by atoms with Gasteiger partial charge in [-0.2, -0.15) is 0 Å². The molecule has 0 aromatic rings. The quantitative estimate of drug-likeness (QED) is 0.742. The molecule has 0 saturated carbocycles. The zero-order valence-corrected chi connectivity index (χ0v) is 11.7. The number of hydrogen-bond acceptors (Lipinski definition) is 3. The SMILES string of the molecule is C=C(C)[C@H](C)C[C@H](NC(=O)OC(C)(C)C)C(=O)O. The number of alkyl carbamates (subject to hydrolysis) is 1. The molecule has 2 N–H and O–H groups in total.